The molecule has 0 saturated carbocycles. The first-order valence-electron chi connectivity index (χ1n) is 9.71. The molecule has 3 aromatic rings. The SMILES string of the molecule is COc1ccc(NC(=O)CN2Cc3ccccc3OC2c2ccccc2[N+](=O)[O-])cc1. The van der Waals surface area contributed by atoms with Crippen molar-refractivity contribution in [1.82, 2.24) is 4.90 Å². The molecule has 4 rings (SSSR count). The number of anilines is 1. The Morgan fingerprint density at radius 1 is 1.13 bits per heavy atom. The average Bonchev–Trinajstić information content (AvgIpc) is 2.79. The number of hydrogen-bond acceptors (Lipinski definition) is 6. The Hall–Kier alpha value is -3.91. The number of para-hydroxylation sites is 2. The molecule has 1 atom stereocenters. The van der Waals surface area contributed by atoms with Crippen LogP contribution in [0.25, 0.3) is 0 Å². The summed E-state index contributed by atoms with van der Waals surface area (Å²) in [6.45, 7) is 0.417. The lowest BCUT2D eigenvalue weighted by atomic mass is 10.1. The highest BCUT2D eigenvalue weighted by Crippen LogP contribution is 2.38. The van der Waals surface area contributed by atoms with E-state index in [1.165, 1.54) is 6.07 Å². The second kappa shape index (κ2) is 8.85. The fourth-order valence-corrected chi connectivity index (χ4v) is 3.57. The van der Waals surface area contributed by atoms with Crippen molar-refractivity contribution in [3.8, 4) is 11.5 Å². The number of benzene rings is 3. The molecule has 0 spiro atoms. The summed E-state index contributed by atoms with van der Waals surface area (Å²) in [6.07, 6.45) is -0.766. The minimum Gasteiger partial charge on any atom is -0.497 e. The van der Waals surface area contributed by atoms with Crippen LogP contribution >= 0.6 is 0 Å². The van der Waals surface area contributed by atoms with E-state index in [4.69, 9.17) is 9.47 Å². The Morgan fingerprint density at radius 3 is 2.58 bits per heavy atom. The van der Waals surface area contributed by atoms with Gasteiger partial charge in [0.25, 0.3) is 5.69 Å². The van der Waals surface area contributed by atoms with Crippen LogP contribution in [-0.4, -0.2) is 29.4 Å². The Bertz CT molecular complexity index is 1100. The third-order valence-corrected chi connectivity index (χ3v) is 5.04. The number of carbonyl (C=O) groups excluding carboxylic acids is 1. The zero-order valence-electron chi connectivity index (χ0n) is 16.9. The molecule has 158 valence electrons. The maximum Gasteiger partial charge on any atom is 0.277 e. The molecule has 31 heavy (non-hydrogen) atoms. The van der Waals surface area contributed by atoms with Crippen LogP contribution in [0, 0.1) is 10.1 Å². The summed E-state index contributed by atoms with van der Waals surface area (Å²) in [5.74, 6) is 1.09. The van der Waals surface area contributed by atoms with Crippen LogP contribution in [0.1, 0.15) is 17.4 Å². The van der Waals surface area contributed by atoms with Gasteiger partial charge in [0.1, 0.15) is 11.5 Å². The molecule has 3 aromatic carbocycles. The number of hydrogen-bond donors (Lipinski definition) is 1. The molecular weight excluding hydrogens is 398 g/mol. The summed E-state index contributed by atoms with van der Waals surface area (Å²) in [5.41, 5.74) is 1.90. The number of amides is 1. The third-order valence-electron chi connectivity index (χ3n) is 5.04. The summed E-state index contributed by atoms with van der Waals surface area (Å²) in [6, 6.07) is 20.9. The van der Waals surface area contributed by atoms with Crippen molar-refractivity contribution in [3.63, 3.8) is 0 Å². The number of rotatable bonds is 6. The second-order valence-corrected chi connectivity index (χ2v) is 7.08. The Labute approximate surface area is 179 Å². The molecule has 0 saturated heterocycles. The summed E-state index contributed by atoms with van der Waals surface area (Å²) >= 11 is 0. The van der Waals surface area contributed by atoms with Gasteiger partial charge in [-0.25, -0.2) is 0 Å². The fourth-order valence-electron chi connectivity index (χ4n) is 3.57. The van der Waals surface area contributed by atoms with Crippen molar-refractivity contribution in [2.45, 2.75) is 12.8 Å². The molecule has 1 aliphatic heterocycles. The van der Waals surface area contributed by atoms with E-state index in [9.17, 15) is 14.9 Å². The van der Waals surface area contributed by atoms with Gasteiger partial charge in [0, 0.05) is 23.9 Å². The minimum absolute atomic E-state index is 0.00290. The third kappa shape index (κ3) is 4.49. The first-order chi connectivity index (χ1) is 15.0. The van der Waals surface area contributed by atoms with E-state index >= 15 is 0 Å². The molecule has 0 fully saturated rings. The van der Waals surface area contributed by atoms with Gasteiger partial charge >= 0.3 is 0 Å². The number of ether oxygens (including phenoxy) is 2. The molecule has 1 amide bonds. The molecule has 1 heterocycles. The summed E-state index contributed by atoms with van der Waals surface area (Å²) in [7, 11) is 1.57. The van der Waals surface area contributed by atoms with E-state index < -0.39 is 11.2 Å². The van der Waals surface area contributed by atoms with Crippen molar-refractivity contribution in [2.24, 2.45) is 0 Å². The van der Waals surface area contributed by atoms with Gasteiger partial charge in [0.2, 0.25) is 5.91 Å². The van der Waals surface area contributed by atoms with Crippen LogP contribution < -0.4 is 14.8 Å². The standard InChI is InChI=1S/C23H21N3O5/c1-30-18-12-10-17(11-13-18)24-22(27)15-25-14-16-6-2-5-9-21(16)31-23(25)19-7-3-4-8-20(19)26(28)29/h2-13,23H,14-15H2,1H3,(H,24,27). The van der Waals surface area contributed by atoms with Gasteiger partial charge in [0.15, 0.2) is 6.23 Å². The van der Waals surface area contributed by atoms with Crippen LogP contribution in [0.4, 0.5) is 11.4 Å². The second-order valence-electron chi connectivity index (χ2n) is 7.08. The van der Waals surface area contributed by atoms with Gasteiger partial charge in [-0.2, -0.15) is 0 Å². The largest absolute Gasteiger partial charge is 0.497 e. The molecule has 1 aliphatic rings. The molecule has 0 bridgehead atoms. The highest BCUT2D eigenvalue weighted by Gasteiger charge is 2.34. The Kier molecular flexibility index (Phi) is 5.81. The number of nitrogens with one attached hydrogen (secondary N) is 1. The first-order valence-corrected chi connectivity index (χ1v) is 9.71. The Morgan fingerprint density at radius 2 is 1.84 bits per heavy atom. The molecule has 0 aliphatic carbocycles. The van der Waals surface area contributed by atoms with E-state index in [1.54, 1.807) is 54.5 Å². The van der Waals surface area contributed by atoms with Gasteiger partial charge < -0.3 is 14.8 Å². The predicted molar refractivity (Wildman–Crippen MR) is 115 cm³/mol. The monoisotopic (exact) mass is 419 g/mol. The van der Waals surface area contributed by atoms with E-state index in [0.717, 1.165) is 5.56 Å². The smallest absolute Gasteiger partial charge is 0.277 e. The normalized spacial score (nSPS) is 15.5. The number of carbonyl (C=O) groups is 1. The van der Waals surface area contributed by atoms with Gasteiger partial charge in [-0.15, -0.1) is 0 Å². The highest BCUT2D eigenvalue weighted by atomic mass is 16.6. The van der Waals surface area contributed by atoms with Crippen molar-refractivity contribution < 1.29 is 19.2 Å². The molecule has 1 N–H and O–H groups in total. The molecule has 0 radical (unpaired) electrons. The fraction of sp³-hybridized carbons (Fsp3) is 0.174. The summed E-state index contributed by atoms with van der Waals surface area (Å²) in [5, 5.41) is 14.4. The van der Waals surface area contributed by atoms with Crippen molar-refractivity contribution >= 4 is 17.3 Å². The van der Waals surface area contributed by atoms with E-state index in [0.29, 0.717) is 29.3 Å². The highest BCUT2D eigenvalue weighted by molar-refractivity contribution is 5.92. The Balaban J connectivity index is 1.60. The molecule has 8 heteroatoms. The van der Waals surface area contributed by atoms with Crippen LogP contribution in [-0.2, 0) is 11.3 Å². The quantitative estimate of drug-likeness (QED) is 0.477. The number of nitrogens with zero attached hydrogens (tertiary/aromatic N) is 2. The predicted octanol–water partition coefficient (Wildman–Crippen LogP) is 4.14. The minimum atomic E-state index is -0.766. The van der Waals surface area contributed by atoms with E-state index in [1.807, 2.05) is 24.3 Å². The van der Waals surface area contributed by atoms with Gasteiger partial charge in [-0.3, -0.25) is 19.8 Å². The van der Waals surface area contributed by atoms with Crippen LogP contribution in [0.5, 0.6) is 11.5 Å². The van der Waals surface area contributed by atoms with E-state index in [-0.39, 0.29) is 18.1 Å². The van der Waals surface area contributed by atoms with Crippen molar-refractivity contribution in [1.29, 1.82) is 0 Å². The van der Waals surface area contributed by atoms with Gasteiger partial charge in [-0.05, 0) is 36.4 Å². The van der Waals surface area contributed by atoms with Gasteiger partial charge in [-0.1, -0.05) is 30.3 Å². The van der Waals surface area contributed by atoms with Crippen molar-refractivity contribution in [3.05, 3.63) is 94.0 Å². The number of methoxy groups -OCH3 is 1. The summed E-state index contributed by atoms with van der Waals surface area (Å²) < 4.78 is 11.3. The topological polar surface area (TPSA) is 93.9 Å². The molecule has 0 aromatic heterocycles. The first kappa shape index (κ1) is 20.4. The molecule has 1 unspecified atom stereocenters. The average molecular weight is 419 g/mol. The number of nitro benzene ring substituents is 1. The zero-order valence-corrected chi connectivity index (χ0v) is 16.9. The molecule has 8 nitrogen and oxygen atoms in total. The maximum atomic E-state index is 12.8. The zero-order chi connectivity index (χ0) is 21.8. The number of nitro groups is 1. The lowest BCUT2D eigenvalue weighted by molar-refractivity contribution is -0.386. The van der Waals surface area contributed by atoms with Gasteiger partial charge in [0.05, 0.1) is 24.1 Å². The lowest BCUT2D eigenvalue weighted by Crippen LogP contribution is -2.41. The van der Waals surface area contributed by atoms with Crippen LogP contribution in [0.15, 0.2) is 72.8 Å². The molecular formula is C23H21N3O5. The maximum absolute atomic E-state index is 12.8. The van der Waals surface area contributed by atoms with Crippen LogP contribution in [0.3, 0.4) is 0 Å². The number of fused-ring (bicyclic) bond motifs is 1. The lowest BCUT2D eigenvalue weighted by Gasteiger charge is -2.36. The summed E-state index contributed by atoms with van der Waals surface area (Å²) in [4.78, 5) is 25.7. The van der Waals surface area contributed by atoms with Crippen molar-refractivity contribution in [2.75, 3.05) is 19.0 Å². The van der Waals surface area contributed by atoms with Crippen LogP contribution in [0.2, 0.25) is 0 Å². The van der Waals surface area contributed by atoms with E-state index in [2.05, 4.69) is 5.32 Å².